The van der Waals surface area contributed by atoms with Crippen molar-refractivity contribution >= 4 is 12.3 Å². The Balaban J connectivity index is 2.65. The number of carbonyl (C=O) groups excluding carboxylic acids is 2. The van der Waals surface area contributed by atoms with Crippen molar-refractivity contribution in [3.8, 4) is 6.07 Å². The summed E-state index contributed by atoms with van der Waals surface area (Å²) < 4.78 is 25.8. The molecule has 1 unspecified atom stereocenters. The number of alkyl halides is 2. The summed E-state index contributed by atoms with van der Waals surface area (Å²) in [7, 11) is 0. The van der Waals surface area contributed by atoms with Gasteiger partial charge in [0.05, 0.1) is 19.2 Å². The fraction of sp³-hybridized carbons (Fsp3) is 0.625. The highest BCUT2D eigenvalue weighted by Gasteiger charge is 2.46. The van der Waals surface area contributed by atoms with Crippen molar-refractivity contribution in [2.24, 2.45) is 0 Å². The molecule has 0 aromatic heterocycles. The zero-order valence-corrected chi connectivity index (χ0v) is 7.74. The van der Waals surface area contributed by atoms with Gasteiger partial charge in [-0.1, -0.05) is 0 Å². The van der Waals surface area contributed by atoms with Gasteiger partial charge in [-0.15, -0.1) is 0 Å². The Labute approximate surface area is 84.6 Å². The monoisotopic (exact) mass is 217 g/mol. The summed E-state index contributed by atoms with van der Waals surface area (Å²) in [5.74, 6) is -3.69. The molecule has 0 bridgehead atoms. The van der Waals surface area contributed by atoms with E-state index in [1.165, 1.54) is 0 Å². The highest BCUT2D eigenvalue weighted by molar-refractivity contribution is 5.81. The molecule has 1 aliphatic heterocycles. The Hall–Kier alpha value is -1.71. The zero-order valence-electron chi connectivity index (χ0n) is 7.74. The molecule has 1 rings (SSSR count). The number of nitrogens with one attached hydrogen (secondary N) is 1. The third-order valence-corrected chi connectivity index (χ3v) is 2.08. The number of amides is 2. The lowest BCUT2D eigenvalue weighted by Gasteiger charge is -2.18. The van der Waals surface area contributed by atoms with Crippen LogP contribution in [0.3, 0.4) is 0 Å². The molecule has 0 saturated carbocycles. The molecule has 1 N–H and O–H groups in total. The number of carbonyl (C=O) groups is 2. The maximum absolute atomic E-state index is 12.9. The number of rotatable bonds is 3. The first kappa shape index (κ1) is 11.4. The number of hydrogen-bond acceptors (Lipinski definition) is 3. The summed E-state index contributed by atoms with van der Waals surface area (Å²) in [6.07, 6.45) is -0.343. The van der Waals surface area contributed by atoms with Gasteiger partial charge in [0.1, 0.15) is 6.04 Å². The number of nitriles is 1. The van der Waals surface area contributed by atoms with Crippen molar-refractivity contribution in [2.75, 3.05) is 13.1 Å². The lowest BCUT2D eigenvalue weighted by atomic mass is 10.2. The summed E-state index contributed by atoms with van der Waals surface area (Å²) in [4.78, 5) is 22.0. The number of likely N-dealkylation sites (tertiary alicyclic amines) is 1. The molecule has 1 atom stereocenters. The minimum atomic E-state index is -3.02. The smallest absolute Gasteiger partial charge is 0.268 e. The summed E-state index contributed by atoms with van der Waals surface area (Å²) in [5, 5.41) is 10.6. The lowest BCUT2D eigenvalue weighted by Crippen LogP contribution is -2.41. The highest BCUT2D eigenvalue weighted by Crippen LogP contribution is 2.31. The van der Waals surface area contributed by atoms with Gasteiger partial charge in [-0.3, -0.25) is 9.59 Å². The normalized spacial score (nSPS) is 23.3. The molecule has 1 aliphatic rings. The van der Waals surface area contributed by atoms with Gasteiger partial charge < -0.3 is 10.2 Å². The van der Waals surface area contributed by atoms with Crippen molar-refractivity contribution in [2.45, 2.75) is 18.4 Å². The average Bonchev–Trinajstić information content (AvgIpc) is 2.50. The van der Waals surface area contributed by atoms with Gasteiger partial charge in [0.2, 0.25) is 12.3 Å². The fourth-order valence-corrected chi connectivity index (χ4v) is 1.42. The van der Waals surface area contributed by atoms with Crippen molar-refractivity contribution in [1.29, 1.82) is 5.26 Å². The summed E-state index contributed by atoms with van der Waals surface area (Å²) in [5.41, 5.74) is 0. The van der Waals surface area contributed by atoms with E-state index < -0.39 is 30.8 Å². The molecule has 7 heteroatoms. The van der Waals surface area contributed by atoms with E-state index in [-0.39, 0.29) is 6.54 Å². The Morgan fingerprint density at radius 3 is 2.93 bits per heavy atom. The van der Waals surface area contributed by atoms with Crippen LogP contribution in [0.4, 0.5) is 8.78 Å². The van der Waals surface area contributed by atoms with E-state index in [1.54, 1.807) is 6.07 Å². The van der Waals surface area contributed by atoms with Crippen molar-refractivity contribution < 1.29 is 18.4 Å². The average molecular weight is 217 g/mol. The Bertz CT molecular complexity index is 313. The number of halogens is 2. The first-order chi connectivity index (χ1) is 7.00. The van der Waals surface area contributed by atoms with E-state index in [4.69, 9.17) is 5.26 Å². The van der Waals surface area contributed by atoms with Crippen LogP contribution < -0.4 is 5.32 Å². The second-order valence-corrected chi connectivity index (χ2v) is 3.23. The van der Waals surface area contributed by atoms with E-state index in [0.717, 1.165) is 4.90 Å². The molecular formula is C8H9F2N3O2. The van der Waals surface area contributed by atoms with E-state index in [9.17, 15) is 18.4 Å². The van der Waals surface area contributed by atoms with E-state index >= 15 is 0 Å². The largest absolute Gasteiger partial charge is 0.350 e. The number of nitrogens with zero attached hydrogens (tertiary/aromatic N) is 2. The predicted molar refractivity (Wildman–Crippen MR) is 44.7 cm³/mol. The van der Waals surface area contributed by atoms with Gasteiger partial charge in [0.25, 0.3) is 5.92 Å². The molecule has 0 aromatic carbocycles. The number of hydrogen-bond donors (Lipinski definition) is 1. The molecule has 1 heterocycles. The quantitative estimate of drug-likeness (QED) is 0.647. The first-order valence-electron chi connectivity index (χ1n) is 4.24. The molecule has 15 heavy (non-hydrogen) atoms. The van der Waals surface area contributed by atoms with Crippen molar-refractivity contribution in [1.82, 2.24) is 10.2 Å². The fourth-order valence-electron chi connectivity index (χ4n) is 1.42. The lowest BCUT2D eigenvalue weighted by molar-refractivity contribution is -0.132. The van der Waals surface area contributed by atoms with Crippen LogP contribution in [-0.2, 0) is 9.59 Å². The molecule has 0 aromatic rings. The van der Waals surface area contributed by atoms with Crippen LogP contribution in [0.2, 0.25) is 0 Å². The van der Waals surface area contributed by atoms with Crippen LogP contribution in [-0.4, -0.2) is 42.3 Å². The second kappa shape index (κ2) is 4.21. The molecule has 1 fully saturated rings. The maximum Gasteiger partial charge on any atom is 0.268 e. The van der Waals surface area contributed by atoms with Crippen LogP contribution in [0.15, 0.2) is 0 Å². The van der Waals surface area contributed by atoms with E-state index in [1.807, 2.05) is 0 Å². The standard InChI is InChI=1S/C8H9F2N3O2/c9-8(10)1-6(2-11)13(4-8)7(15)3-12-5-14/h5-6H,1,3-4H2,(H,12,14). The minimum absolute atomic E-state index is 0.299. The second-order valence-electron chi connectivity index (χ2n) is 3.23. The maximum atomic E-state index is 12.9. The third-order valence-electron chi connectivity index (χ3n) is 2.08. The van der Waals surface area contributed by atoms with E-state index in [0.29, 0.717) is 6.41 Å². The van der Waals surface area contributed by atoms with Gasteiger partial charge in [-0.05, 0) is 0 Å². The van der Waals surface area contributed by atoms with Gasteiger partial charge in [-0.2, -0.15) is 5.26 Å². The summed E-state index contributed by atoms with van der Waals surface area (Å²) in [6.45, 7) is -1.12. The van der Waals surface area contributed by atoms with Crippen molar-refractivity contribution in [3.63, 3.8) is 0 Å². The zero-order chi connectivity index (χ0) is 11.5. The van der Waals surface area contributed by atoms with Gasteiger partial charge in [0.15, 0.2) is 0 Å². The van der Waals surface area contributed by atoms with Gasteiger partial charge in [0, 0.05) is 6.42 Å². The molecule has 5 nitrogen and oxygen atoms in total. The summed E-state index contributed by atoms with van der Waals surface area (Å²) in [6, 6.07) is 0.526. The highest BCUT2D eigenvalue weighted by atomic mass is 19.3. The molecular weight excluding hydrogens is 208 g/mol. The van der Waals surface area contributed by atoms with Crippen molar-refractivity contribution in [3.05, 3.63) is 0 Å². The molecule has 2 amide bonds. The van der Waals surface area contributed by atoms with E-state index in [2.05, 4.69) is 5.32 Å². The molecule has 0 aliphatic carbocycles. The van der Waals surface area contributed by atoms with Crippen LogP contribution in [0, 0.1) is 11.3 Å². The van der Waals surface area contributed by atoms with Crippen LogP contribution in [0.1, 0.15) is 6.42 Å². The van der Waals surface area contributed by atoms with Gasteiger partial charge >= 0.3 is 0 Å². The van der Waals surface area contributed by atoms with Crippen LogP contribution >= 0.6 is 0 Å². The molecule has 0 radical (unpaired) electrons. The molecule has 0 spiro atoms. The molecule has 82 valence electrons. The Morgan fingerprint density at radius 2 is 2.40 bits per heavy atom. The topological polar surface area (TPSA) is 73.2 Å². The predicted octanol–water partition coefficient (Wildman–Crippen LogP) is -0.508. The SMILES string of the molecule is N#CC1CC(F)(F)CN1C(=O)CNC=O. The van der Waals surface area contributed by atoms with Crippen LogP contribution in [0.25, 0.3) is 0 Å². The minimum Gasteiger partial charge on any atom is -0.350 e. The van der Waals surface area contributed by atoms with Crippen LogP contribution in [0.5, 0.6) is 0 Å². The Kier molecular flexibility index (Phi) is 3.19. The molecule has 1 saturated heterocycles. The van der Waals surface area contributed by atoms with Gasteiger partial charge in [-0.25, -0.2) is 8.78 Å². The Morgan fingerprint density at radius 1 is 1.73 bits per heavy atom. The first-order valence-corrected chi connectivity index (χ1v) is 4.24. The third kappa shape index (κ3) is 2.62. The summed E-state index contributed by atoms with van der Waals surface area (Å²) >= 11 is 0.